The van der Waals surface area contributed by atoms with Gasteiger partial charge in [0.2, 0.25) is 0 Å². The van der Waals surface area contributed by atoms with E-state index >= 15 is 0 Å². The molecule has 0 bridgehead atoms. The fourth-order valence-electron chi connectivity index (χ4n) is 2.26. The van der Waals surface area contributed by atoms with Gasteiger partial charge in [-0.2, -0.15) is 13.2 Å². The lowest BCUT2D eigenvalue weighted by Crippen LogP contribution is -2.40. The van der Waals surface area contributed by atoms with E-state index in [1.54, 1.807) is 19.9 Å². The molecule has 0 heterocycles. The van der Waals surface area contributed by atoms with Crippen molar-refractivity contribution in [1.29, 1.82) is 0 Å². The summed E-state index contributed by atoms with van der Waals surface area (Å²) in [5.41, 5.74) is 0.623. The van der Waals surface area contributed by atoms with Crippen LogP contribution in [0.4, 0.5) is 23.2 Å². The molecule has 1 fully saturated rings. The maximum Gasteiger partial charge on any atom is 0.405 e. The SMILES string of the molecule is CC(C)N(CC(F)(F)F)c1cccc(F)c1CNC1CC1. The molecule has 0 aromatic heterocycles. The molecule has 1 aromatic carbocycles. The van der Waals surface area contributed by atoms with Crippen LogP contribution >= 0.6 is 0 Å². The van der Waals surface area contributed by atoms with E-state index in [4.69, 9.17) is 0 Å². The Kier molecular flexibility index (Phi) is 4.76. The van der Waals surface area contributed by atoms with Crippen LogP contribution in [0, 0.1) is 5.82 Å². The predicted molar refractivity (Wildman–Crippen MR) is 74.8 cm³/mol. The van der Waals surface area contributed by atoms with Gasteiger partial charge in [-0.05, 0) is 38.8 Å². The minimum Gasteiger partial charge on any atom is -0.360 e. The van der Waals surface area contributed by atoms with E-state index in [1.165, 1.54) is 17.0 Å². The zero-order valence-corrected chi connectivity index (χ0v) is 12.2. The summed E-state index contributed by atoms with van der Waals surface area (Å²) in [7, 11) is 0. The first-order valence-electron chi connectivity index (χ1n) is 7.12. The normalized spacial score (nSPS) is 15.6. The second-order valence-electron chi connectivity index (χ2n) is 5.73. The zero-order chi connectivity index (χ0) is 15.6. The van der Waals surface area contributed by atoms with Crippen molar-refractivity contribution in [3.8, 4) is 0 Å². The average molecular weight is 304 g/mol. The lowest BCUT2D eigenvalue weighted by atomic mass is 10.1. The quantitative estimate of drug-likeness (QED) is 0.803. The largest absolute Gasteiger partial charge is 0.405 e. The van der Waals surface area contributed by atoms with E-state index in [0.29, 0.717) is 17.3 Å². The molecule has 21 heavy (non-hydrogen) atoms. The van der Waals surface area contributed by atoms with Crippen LogP contribution in [-0.4, -0.2) is 24.8 Å². The Morgan fingerprint density at radius 1 is 1.29 bits per heavy atom. The topological polar surface area (TPSA) is 15.3 Å². The lowest BCUT2D eigenvalue weighted by molar-refractivity contribution is -0.120. The first-order chi connectivity index (χ1) is 9.78. The Morgan fingerprint density at radius 2 is 1.95 bits per heavy atom. The summed E-state index contributed by atoms with van der Waals surface area (Å²) in [6.45, 7) is 2.53. The molecular formula is C15H20F4N2. The number of rotatable bonds is 6. The molecule has 0 amide bonds. The highest BCUT2D eigenvalue weighted by Gasteiger charge is 2.33. The summed E-state index contributed by atoms with van der Waals surface area (Å²) >= 11 is 0. The number of hydrogen-bond donors (Lipinski definition) is 1. The van der Waals surface area contributed by atoms with Crippen LogP contribution in [0.1, 0.15) is 32.3 Å². The van der Waals surface area contributed by atoms with Gasteiger partial charge in [-0.1, -0.05) is 6.07 Å². The number of nitrogens with one attached hydrogen (secondary N) is 1. The smallest absolute Gasteiger partial charge is 0.360 e. The van der Waals surface area contributed by atoms with Gasteiger partial charge in [0.15, 0.2) is 0 Å². The van der Waals surface area contributed by atoms with Crippen molar-refractivity contribution in [2.45, 2.75) is 51.5 Å². The molecule has 0 unspecified atom stereocenters. The van der Waals surface area contributed by atoms with E-state index in [1.807, 2.05) is 0 Å². The summed E-state index contributed by atoms with van der Waals surface area (Å²) in [6, 6.07) is 4.30. The highest BCUT2D eigenvalue weighted by molar-refractivity contribution is 5.55. The second kappa shape index (κ2) is 6.22. The van der Waals surface area contributed by atoms with Gasteiger partial charge in [0, 0.05) is 29.9 Å². The number of benzene rings is 1. The standard InChI is InChI=1S/C15H20F4N2/c1-10(2)21(9-15(17,18)19)14-5-3-4-13(16)12(14)8-20-11-6-7-11/h3-5,10-11,20H,6-9H2,1-2H3. The fourth-order valence-corrected chi connectivity index (χ4v) is 2.26. The zero-order valence-electron chi connectivity index (χ0n) is 12.2. The molecule has 118 valence electrons. The Balaban J connectivity index is 2.27. The summed E-state index contributed by atoms with van der Waals surface area (Å²) in [5.74, 6) is -0.464. The maximum atomic E-state index is 14.0. The second-order valence-corrected chi connectivity index (χ2v) is 5.73. The fraction of sp³-hybridized carbons (Fsp3) is 0.600. The molecule has 1 aliphatic carbocycles. The summed E-state index contributed by atoms with van der Waals surface area (Å²) in [5, 5.41) is 3.16. The highest BCUT2D eigenvalue weighted by atomic mass is 19.4. The third kappa shape index (κ3) is 4.59. The molecule has 0 saturated heterocycles. The van der Waals surface area contributed by atoms with Gasteiger partial charge in [0.25, 0.3) is 0 Å². The van der Waals surface area contributed by atoms with Crippen LogP contribution in [0.5, 0.6) is 0 Å². The van der Waals surface area contributed by atoms with Crippen molar-refractivity contribution < 1.29 is 17.6 Å². The summed E-state index contributed by atoms with van der Waals surface area (Å²) in [6.07, 6.45) is -2.24. The van der Waals surface area contributed by atoms with Gasteiger partial charge in [0.1, 0.15) is 12.4 Å². The van der Waals surface area contributed by atoms with Crippen molar-refractivity contribution >= 4 is 5.69 Å². The summed E-state index contributed by atoms with van der Waals surface area (Å²) in [4.78, 5) is 1.20. The predicted octanol–water partition coefficient (Wildman–Crippen LogP) is 3.85. The van der Waals surface area contributed by atoms with Crippen LogP contribution in [0.15, 0.2) is 18.2 Å². The number of halogens is 4. The van der Waals surface area contributed by atoms with Gasteiger partial charge >= 0.3 is 6.18 Å². The van der Waals surface area contributed by atoms with Gasteiger partial charge in [-0.15, -0.1) is 0 Å². The van der Waals surface area contributed by atoms with Crippen molar-refractivity contribution in [1.82, 2.24) is 5.32 Å². The van der Waals surface area contributed by atoms with E-state index in [0.717, 1.165) is 12.8 Å². The minimum absolute atomic E-state index is 0.258. The third-order valence-electron chi connectivity index (χ3n) is 3.52. The monoisotopic (exact) mass is 304 g/mol. The third-order valence-corrected chi connectivity index (χ3v) is 3.52. The maximum absolute atomic E-state index is 14.0. The number of nitrogens with zero attached hydrogens (tertiary/aromatic N) is 1. The van der Waals surface area contributed by atoms with Gasteiger partial charge in [0.05, 0.1) is 0 Å². The lowest BCUT2D eigenvalue weighted by Gasteiger charge is -2.32. The van der Waals surface area contributed by atoms with E-state index in [-0.39, 0.29) is 12.6 Å². The van der Waals surface area contributed by atoms with Crippen LogP contribution in [0.3, 0.4) is 0 Å². The van der Waals surface area contributed by atoms with E-state index in [9.17, 15) is 17.6 Å². The Hall–Kier alpha value is -1.30. The molecule has 0 spiro atoms. The van der Waals surface area contributed by atoms with Crippen LogP contribution in [0.2, 0.25) is 0 Å². The van der Waals surface area contributed by atoms with Gasteiger partial charge in [-0.25, -0.2) is 4.39 Å². The molecule has 1 aliphatic rings. The highest BCUT2D eigenvalue weighted by Crippen LogP contribution is 2.29. The van der Waals surface area contributed by atoms with Crippen molar-refractivity contribution in [2.75, 3.05) is 11.4 Å². The number of alkyl halides is 3. The molecule has 6 heteroatoms. The minimum atomic E-state index is -4.32. The van der Waals surface area contributed by atoms with Crippen molar-refractivity contribution in [3.63, 3.8) is 0 Å². The molecule has 2 rings (SSSR count). The van der Waals surface area contributed by atoms with Gasteiger partial charge < -0.3 is 10.2 Å². The van der Waals surface area contributed by atoms with Crippen molar-refractivity contribution in [2.24, 2.45) is 0 Å². The Labute approximate surface area is 122 Å². The molecule has 1 aromatic rings. The molecule has 0 atom stereocenters. The van der Waals surface area contributed by atoms with Crippen LogP contribution in [-0.2, 0) is 6.54 Å². The molecule has 2 nitrogen and oxygen atoms in total. The van der Waals surface area contributed by atoms with E-state index in [2.05, 4.69) is 5.32 Å². The first-order valence-corrected chi connectivity index (χ1v) is 7.12. The summed E-state index contributed by atoms with van der Waals surface area (Å²) < 4.78 is 52.3. The Bertz CT molecular complexity index is 481. The van der Waals surface area contributed by atoms with Crippen LogP contribution < -0.4 is 10.2 Å². The average Bonchev–Trinajstić information content (AvgIpc) is 3.17. The van der Waals surface area contributed by atoms with E-state index < -0.39 is 18.5 Å². The number of anilines is 1. The van der Waals surface area contributed by atoms with Gasteiger partial charge in [-0.3, -0.25) is 0 Å². The molecular weight excluding hydrogens is 284 g/mol. The first kappa shape index (κ1) is 16.1. The van der Waals surface area contributed by atoms with Crippen molar-refractivity contribution in [3.05, 3.63) is 29.6 Å². The molecule has 1 saturated carbocycles. The number of hydrogen-bond acceptors (Lipinski definition) is 2. The molecule has 1 N–H and O–H groups in total. The van der Waals surface area contributed by atoms with Crippen LogP contribution in [0.25, 0.3) is 0 Å². The Morgan fingerprint density at radius 3 is 2.48 bits per heavy atom. The molecule has 0 aliphatic heterocycles. The molecule has 0 radical (unpaired) electrons.